The maximum Gasteiger partial charge on any atom is 0.271 e. The van der Waals surface area contributed by atoms with Crippen molar-refractivity contribution in [3.05, 3.63) is 105 Å². The number of nitrogens with zero attached hydrogens (tertiary/aromatic N) is 4. The Labute approximate surface area is 353 Å². The lowest BCUT2D eigenvalue weighted by Gasteiger charge is -2.35. The standard InChI is InChI=1S/C43H55N7O9S/c1-29-38(60-28-46-29)32-12-10-30(11-13-32)25-45-41(55)35-24-33(51)27-49(35)42(56)39(43(2,3)4)47-36(52)16-18-57-20-22-59-23-21-58-19-17-44-40(54)34-14-15-37(53)50(48-34)26-31-8-6-5-7-9-31/h5-15,28,33,35,39,51H,16-27H2,1-4H3,(H,44,54)(H,45,55)(H,47,52)/t33-,35+,39-/m1/s1. The van der Waals surface area contributed by atoms with Crippen LogP contribution in [0.4, 0.5) is 0 Å². The van der Waals surface area contributed by atoms with Crippen molar-refractivity contribution < 1.29 is 38.5 Å². The fourth-order valence-corrected chi connectivity index (χ4v) is 7.30. The van der Waals surface area contributed by atoms with Crippen LogP contribution in [0.3, 0.4) is 0 Å². The van der Waals surface area contributed by atoms with E-state index >= 15 is 0 Å². The zero-order chi connectivity index (χ0) is 43.1. The van der Waals surface area contributed by atoms with Crippen molar-refractivity contribution >= 4 is 35.0 Å². The zero-order valence-electron chi connectivity index (χ0n) is 34.6. The van der Waals surface area contributed by atoms with E-state index in [4.69, 9.17) is 14.2 Å². The molecular formula is C43H55N7O9S. The summed E-state index contributed by atoms with van der Waals surface area (Å²) in [5.41, 5.74) is 4.74. The number of ether oxygens (including phenoxy) is 3. The second-order valence-electron chi connectivity index (χ2n) is 15.5. The number of aromatic nitrogens is 3. The third kappa shape index (κ3) is 13.6. The minimum Gasteiger partial charge on any atom is -0.391 e. The van der Waals surface area contributed by atoms with Crippen molar-refractivity contribution in [3.8, 4) is 10.4 Å². The molecule has 4 aromatic rings. The van der Waals surface area contributed by atoms with Gasteiger partial charge in [0.05, 0.1) is 68.4 Å². The number of hydrogen-bond donors (Lipinski definition) is 4. The average Bonchev–Trinajstić information content (AvgIpc) is 3.85. The van der Waals surface area contributed by atoms with Crippen molar-refractivity contribution in [2.24, 2.45) is 5.41 Å². The van der Waals surface area contributed by atoms with Crippen LogP contribution in [0.25, 0.3) is 10.4 Å². The molecule has 0 unspecified atom stereocenters. The van der Waals surface area contributed by atoms with Gasteiger partial charge in [0.1, 0.15) is 17.8 Å². The number of thiazole rings is 1. The largest absolute Gasteiger partial charge is 0.391 e. The molecule has 1 aliphatic rings. The van der Waals surface area contributed by atoms with E-state index in [-0.39, 0.29) is 88.5 Å². The lowest BCUT2D eigenvalue weighted by molar-refractivity contribution is -0.144. The molecule has 5 rings (SSSR count). The van der Waals surface area contributed by atoms with Gasteiger partial charge in [0.2, 0.25) is 17.7 Å². The number of carbonyl (C=O) groups excluding carboxylic acids is 4. The van der Waals surface area contributed by atoms with Gasteiger partial charge in [0.25, 0.3) is 11.5 Å². The molecule has 3 heterocycles. The van der Waals surface area contributed by atoms with E-state index in [0.29, 0.717) is 13.2 Å². The molecule has 60 heavy (non-hydrogen) atoms. The fourth-order valence-electron chi connectivity index (χ4n) is 6.49. The maximum absolute atomic E-state index is 13.9. The number of aliphatic hydroxyl groups is 1. The molecule has 0 radical (unpaired) electrons. The Bertz CT molecular complexity index is 2090. The van der Waals surface area contributed by atoms with Gasteiger partial charge in [-0.05, 0) is 35.1 Å². The van der Waals surface area contributed by atoms with Crippen LogP contribution < -0.4 is 21.5 Å². The zero-order valence-corrected chi connectivity index (χ0v) is 35.4. The predicted molar refractivity (Wildman–Crippen MR) is 225 cm³/mol. The van der Waals surface area contributed by atoms with E-state index in [0.717, 1.165) is 27.3 Å². The van der Waals surface area contributed by atoms with Crippen LogP contribution in [0.1, 0.15) is 60.9 Å². The van der Waals surface area contributed by atoms with Crippen LogP contribution in [0, 0.1) is 12.3 Å². The molecule has 322 valence electrons. The molecule has 0 aliphatic carbocycles. The highest BCUT2D eigenvalue weighted by Crippen LogP contribution is 2.28. The molecule has 16 nitrogen and oxygen atoms in total. The van der Waals surface area contributed by atoms with Gasteiger partial charge in [0.15, 0.2) is 0 Å². The highest BCUT2D eigenvalue weighted by atomic mass is 32.1. The summed E-state index contributed by atoms with van der Waals surface area (Å²) < 4.78 is 17.9. The van der Waals surface area contributed by atoms with Crippen LogP contribution in [0.2, 0.25) is 0 Å². The molecule has 1 aliphatic heterocycles. The number of likely N-dealkylation sites (tertiary alicyclic amines) is 1. The molecule has 0 spiro atoms. The minimum atomic E-state index is -0.941. The molecule has 17 heteroatoms. The Morgan fingerprint density at radius 2 is 1.57 bits per heavy atom. The van der Waals surface area contributed by atoms with Gasteiger partial charge in [-0.25, -0.2) is 9.67 Å². The van der Waals surface area contributed by atoms with Crippen LogP contribution in [-0.2, 0) is 41.7 Å². The summed E-state index contributed by atoms with van der Waals surface area (Å²) in [5, 5.41) is 23.2. The van der Waals surface area contributed by atoms with Crippen molar-refractivity contribution in [2.75, 3.05) is 52.7 Å². The van der Waals surface area contributed by atoms with E-state index in [2.05, 4.69) is 26.0 Å². The van der Waals surface area contributed by atoms with Crippen molar-refractivity contribution in [1.82, 2.24) is 35.6 Å². The number of aryl methyl sites for hydroxylation is 1. The molecule has 2 aromatic heterocycles. The number of amides is 4. The van der Waals surface area contributed by atoms with Crippen LogP contribution in [0.15, 0.2) is 77.0 Å². The third-order valence-electron chi connectivity index (χ3n) is 9.74. The van der Waals surface area contributed by atoms with Crippen LogP contribution >= 0.6 is 11.3 Å². The molecular weight excluding hydrogens is 791 g/mol. The Hall–Kier alpha value is -5.33. The summed E-state index contributed by atoms with van der Waals surface area (Å²) in [7, 11) is 0. The Morgan fingerprint density at radius 1 is 0.883 bits per heavy atom. The van der Waals surface area contributed by atoms with Gasteiger partial charge in [0, 0.05) is 38.5 Å². The topological polar surface area (TPSA) is 203 Å². The van der Waals surface area contributed by atoms with Gasteiger partial charge < -0.3 is 40.2 Å². The van der Waals surface area contributed by atoms with Gasteiger partial charge in [-0.2, -0.15) is 5.10 Å². The third-order valence-corrected chi connectivity index (χ3v) is 10.7. The van der Waals surface area contributed by atoms with Crippen molar-refractivity contribution in [1.29, 1.82) is 0 Å². The maximum atomic E-state index is 13.9. The lowest BCUT2D eigenvalue weighted by Crippen LogP contribution is -2.57. The van der Waals surface area contributed by atoms with Crippen LogP contribution in [-0.4, -0.2) is 119 Å². The number of nitrogens with one attached hydrogen (secondary N) is 3. The molecule has 0 bridgehead atoms. The number of carbonyl (C=O) groups is 4. The molecule has 3 atom stereocenters. The first-order chi connectivity index (χ1) is 28.8. The first kappa shape index (κ1) is 45.7. The average molecular weight is 846 g/mol. The Kier molecular flexibility index (Phi) is 17.0. The van der Waals surface area contributed by atoms with E-state index in [9.17, 15) is 29.1 Å². The number of rotatable bonds is 21. The summed E-state index contributed by atoms with van der Waals surface area (Å²) in [6.45, 7) is 9.65. The fraction of sp³-hybridized carbons (Fsp3) is 0.465. The monoisotopic (exact) mass is 845 g/mol. The second-order valence-corrected chi connectivity index (χ2v) is 16.3. The highest BCUT2D eigenvalue weighted by Gasteiger charge is 2.44. The minimum absolute atomic E-state index is 0.00612. The number of hydrogen-bond acceptors (Lipinski definition) is 12. The SMILES string of the molecule is Cc1ncsc1-c1ccc(CNC(=O)[C@@H]2C[C@@H](O)CN2C(=O)[C@@H](NC(=O)CCOCCOCCOCCNC(=O)c2ccc(=O)n(Cc3ccccc3)n2)C(C)(C)C)cc1. The predicted octanol–water partition coefficient (Wildman–Crippen LogP) is 2.70. The summed E-state index contributed by atoms with van der Waals surface area (Å²) in [6, 6.07) is 18.1. The van der Waals surface area contributed by atoms with E-state index < -0.39 is 35.4 Å². The van der Waals surface area contributed by atoms with E-state index in [1.165, 1.54) is 21.7 Å². The smallest absolute Gasteiger partial charge is 0.271 e. The Morgan fingerprint density at radius 3 is 2.23 bits per heavy atom. The van der Waals surface area contributed by atoms with Gasteiger partial charge in [-0.1, -0.05) is 75.4 Å². The molecule has 2 aromatic carbocycles. The van der Waals surface area contributed by atoms with Gasteiger partial charge >= 0.3 is 0 Å². The van der Waals surface area contributed by atoms with E-state index in [1.807, 2.05) is 82.3 Å². The van der Waals surface area contributed by atoms with Gasteiger partial charge in [-0.15, -0.1) is 11.3 Å². The summed E-state index contributed by atoms with van der Waals surface area (Å²) >= 11 is 1.57. The van der Waals surface area contributed by atoms with Crippen molar-refractivity contribution in [3.63, 3.8) is 0 Å². The number of β-amino-alcohol motifs (C(OH)–C–C–N with tert-alkyl or cyclic N) is 1. The molecule has 0 saturated carbocycles. The van der Waals surface area contributed by atoms with Crippen molar-refractivity contribution in [2.45, 2.75) is 71.8 Å². The lowest BCUT2D eigenvalue weighted by atomic mass is 9.85. The van der Waals surface area contributed by atoms with Crippen LogP contribution in [0.5, 0.6) is 0 Å². The number of aliphatic hydroxyl groups excluding tert-OH is 1. The van der Waals surface area contributed by atoms with E-state index in [1.54, 1.807) is 16.8 Å². The first-order valence-electron chi connectivity index (χ1n) is 20.0. The first-order valence-corrected chi connectivity index (χ1v) is 20.9. The number of benzene rings is 2. The normalized spacial score (nSPS) is 15.7. The molecule has 1 saturated heterocycles. The summed E-state index contributed by atoms with van der Waals surface area (Å²) in [5.74, 6) is -1.61. The molecule has 4 amide bonds. The molecule has 1 fully saturated rings. The Balaban J connectivity index is 0.945. The molecule has 4 N–H and O–H groups in total. The second kappa shape index (κ2) is 22.3. The summed E-state index contributed by atoms with van der Waals surface area (Å²) in [6.07, 6.45) is -0.766. The highest BCUT2D eigenvalue weighted by molar-refractivity contribution is 7.13. The van der Waals surface area contributed by atoms with Gasteiger partial charge in [-0.3, -0.25) is 24.0 Å². The quantitative estimate of drug-likeness (QED) is 0.0899. The summed E-state index contributed by atoms with van der Waals surface area (Å²) in [4.78, 5) is 71.7.